The van der Waals surface area contributed by atoms with Crippen molar-refractivity contribution in [1.82, 2.24) is 9.80 Å². The molecule has 8 heteroatoms. The van der Waals surface area contributed by atoms with Crippen LogP contribution in [0.1, 0.15) is 33.1 Å². The van der Waals surface area contributed by atoms with Crippen LogP contribution in [0.4, 0.5) is 13.2 Å². The molecule has 0 aromatic rings. The fourth-order valence-electron chi connectivity index (χ4n) is 5.56. The highest BCUT2D eigenvalue weighted by atomic mass is 19.4. The number of hydrogen-bond acceptors (Lipinski definition) is 4. The van der Waals surface area contributed by atoms with Gasteiger partial charge in [-0.15, -0.1) is 0 Å². The van der Waals surface area contributed by atoms with Gasteiger partial charge < -0.3 is 14.5 Å². The number of rotatable bonds is 2. The normalized spacial score (nSPS) is 34.0. The molecule has 0 aromatic carbocycles. The number of alkyl halides is 3. The number of ether oxygens (including phenoxy) is 1. The lowest BCUT2D eigenvalue weighted by Crippen LogP contribution is -2.55. The van der Waals surface area contributed by atoms with Gasteiger partial charge in [0.1, 0.15) is 5.60 Å². The van der Waals surface area contributed by atoms with E-state index in [0.29, 0.717) is 32.4 Å². The largest absolute Gasteiger partial charge is 0.458 e. The lowest BCUT2D eigenvalue weighted by atomic mass is 9.74. The molecule has 3 fully saturated rings. The standard InChI is InChI=1S/C22H29F3N2O3/c1-3-26-10-7-21(8-11-26)18(14(2)20(29)30-21)19(28)27-9-6-15-12-17(22(23,24)25)5-4-16(15)13-27/h4-5,12,14-16,18H,3,6-11,13H2,1-2H3. The fraction of sp³-hybridized carbons (Fsp3) is 0.727. The van der Waals surface area contributed by atoms with Gasteiger partial charge in [0.15, 0.2) is 0 Å². The molecule has 0 aromatic heterocycles. The number of amides is 1. The summed E-state index contributed by atoms with van der Waals surface area (Å²) in [6, 6.07) is 0. The van der Waals surface area contributed by atoms with Crippen molar-refractivity contribution >= 4 is 11.9 Å². The fourth-order valence-corrected chi connectivity index (χ4v) is 5.56. The van der Waals surface area contributed by atoms with Crippen molar-refractivity contribution in [3.63, 3.8) is 0 Å². The molecule has 3 saturated heterocycles. The van der Waals surface area contributed by atoms with Crippen LogP contribution in [0.25, 0.3) is 0 Å². The molecule has 4 atom stereocenters. The number of fused-ring (bicyclic) bond motifs is 1. The topological polar surface area (TPSA) is 49.9 Å². The van der Waals surface area contributed by atoms with E-state index in [1.54, 1.807) is 17.9 Å². The van der Waals surface area contributed by atoms with Crippen LogP contribution < -0.4 is 0 Å². The number of carbonyl (C=O) groups excluding carboxylic acids is 2. The van der Waals surface area contributed by atoms with Crippen LogP contribution in [0.2, 0.25) is 0 Å². The number of piperidine rings is 2. The van der Waals surface area contributed by atoms with Crippen molar-refractivity contribution in [1.29, 1.82) is 0 Å². The number of allylic oxidation sites excluding steroid dienone is 3. The molecule has 166 valence electrons. The summed E-state index contributed by atoms with van der Waals surface area (Å²) < 4.78 is 44.9. The number of halogens is 3. The van der Waals surface area contributed by atoms with Gasteiger partial charge in [0.2, 0.25) is 5.91 Å². The van der Waals surface area contributed by atoms with Gasteiger partial charge in [0.25, 0.3) is 0 Å². The molecule has 1 aliphatic carbocycles. The van der Waals surface area contributed by atoms with E-state index in [2.05, 4.69) is 11.8 Å². The van der Waals surface area contributed by atoms with Crippen molar-refractivity contribution in [2.75, 3.05) is 32.7 Å². The molecule has 4 unspecified atom stereocenters. The Labute approximate surface area is 174 Å². The Morgan fingerprint density at radius 2 is 1.93 bits per heavy atom. The van der Waals surface area contributed by atoms with Gasteiger partial charge in [-0.2, -0.15) is 13.2 Å². The van der Waals surface area contributed by atoms with Crippen molar-refractivity contribution in [2.24, 2.45) is 23.7 Å². The second-order valence-corrected chi connectivity index (χ2v) is 9.07. The molecule has 3 heterocycles. The van der Waals surface area contributed by atoms with E-state index in [1.165, 1.54) is 6.08 Å². The van der Waals surface area contributed by atoms with Gasteiger partial charge >= 0.3 is 12.1 Å². The predicted molar refractivity (Wildman–Crippen MR) is 104 cm³/mol. The highest BCUT2D eigenvalue weighted by Crippen LogP contribution is 2.46. The molecule has 3 aliphatic heterocycles. The highest BCUT2D eigenvalue weighted by Gasteiger charge is 2.59. The van der Waals surface area contributed by atoms with Crippen LogP contribution in [0.5, 0.6) is 0 Å². The summed E-state index contributed by atoms with van der Waals surface area (Å²) in [6.07, 6.45) is 1.46. The summed E-state index contributed by atoms with van der Waals surface area (Å²) in [5.41, 5.74) is -1.35. The molecule has 1 spiro atoms. The summed E-state index contributed by atoms with van der Waals surface area (Å²) >= 11 is 0. The first kappa shape index (κ1) is 21.4. The minimum atomic E-state index is -4.34. The maximum Gasteiger partial charge on any atom is 0.416 e. The van der Waals surface area contributed by atoms with Gasteiger partial charge in [-0.25, -0.2) is 0 Å². The van der Waals surface area contributed by atoms with Gasteiger partial charge in [-0.1, -0.05) is 32.1 Å². The summed E-state index contributed by atoms with van der Waals surface area (Å²) in [4.78, 5) is 30.0. The summed E-state index contributed by atoms with van der Waals surface area (Å²) in [5, 5.41) is 0. The molecule has 0 radical (unpaired) electrons. The predicted octanol–water partition coefficient (Wildman–Crippen LogP) is 3.17. The molecule has 0 saturated carbocycles. The van der Waals surface area contributed by atoms with Crippen LogP contribution in [0.3, 0.4) is 0 Å². The number of esters is 1. The van der Waals surface area contributed by atoms with E-state index < -0.39 is 29.2 Å². The maximum absolute atomic E-state index is 13.5. The van der Waals surface area contributed by atoms with E-state index in [1.807, 2.05) is 0 Å². The smallest absolute Gasteiger partial charge is 0.416 e. The van der Waals surface area contributed by atoms with Crippen LogP contribution >= 0.6 is 0 Å². The first-order valence-electron chi connectivity index (χ1n) is 10.9. The van der Waals surface area contributed by atoms with Crippen molar-refractivity contribution in [3.05, 3.63) is 23.8 Å². The van der Waals surface area contributed by atoms with Gasteiger partial charge in [-0.05, 0) is 18.9 Å². The second-order valence-electron chi connectivity index (χ2n) is 9.07. The molecular weight excluding hydrogens is 397 g/mol. The Kier molecular flexibility index (Phi) is 5.49. The zero-order chi connectivity index (χ0) is 21.7. The number of hydrogen-bond donors (Lipinski definition) is 0. The third-order valence-corrected chi connectivity index (χ3v) is 7.43. The van der Waals surface area contributed by atoms with E-state index in [0.717, 1.165) is 25.7 Å². The van der Waals surface area contributed by atoms with Crippen LogP contribution in [0.15, 0.2) is 23.8 Å². The van der Waals surface area contributed by atoms with Crippen LogP contribution in [0, 0.1) is 23.7 Å². The molecule has 1 amide bonds. The van der Waals surface area contributed by atoms with Gasteiger partial charge in [0.05, 0.1) is 17.4 Å². The minimum Gasteiger partial charge on any atom is -0.458 e. The summed E-state index contributed by atoms with van der Waals surface area (Å²) in [7, 11) is 0. The average molecular weight is 426 g/mol. The molecular formula is C22H29F3N2O3. The summed E-state index contributed by atoms with van der Waals surface area (Å²) in [5.74, 6) is -1.76. The molecule has 5 nitrogen and oxygen atoms in total. The van der Waals surface area contributed by atoms with E-state index in [9.17, 15) is 22.8 Å². The quantitative estimate of drug-likeness (QED) is 0.637. The van der Waals surface area contributed by atoms with Gasteiger partial charge in [-0.3, -0.25) is 9.59 Å². The third kappa shape index (κ3) is 3.67. The number of likely N-dealkylation sites (tertiary alicyclic amines) is 2. The summed E-state index contributed by atoms with van der Waals surface area (Å²) in [6.45, 7) is 7.15. The molecule has 0 bridgehead atoms. The Balaban J connectivity index is 1.49. The lowest BCUT2D eigenvalue weighted by molar-refractivity contribution is -0.158. The number of nitrogens with zero attached hydrogens (tertiary/aromatic N) is 2. The SMILES string of the molecule is CCN1CCC2(CC1)OC(=O)C(C)C2C(=O)N1CCC2C=C(C(F)(F)F)C=CC2C1. The van der Waals surface area contributed by atoms with Crippen molar-refractivity contribution in [3.8, 4) is 0 Å². The average Bonchev–Trinajstić information content (AvgIpc) is 2.96. The zero-order valence-corrected chi connectivity index (χ0v) is 17.5. The minimum absolute atomic E-state index is 0.0873. The van der Waals surface area contributed by atoms with E-state index >= 15 is 0 Å². The van der Waals surface area contributed by atoms with Crippen LogP contribution in [-0.4, -0.2) is 66.2 Å². The van der Waals surface area contributed by atoms with Crippen molar-refractivity contribution < 1.29 is 27.5 Å². The zero-order valence-electron chi connectivity index (χ0n) is 17.5. The molecule has 30 heavy (non-hydrogen) atoms. The Morgan fingerprint density at radius 1 is 1.23 bits per heavy atom. The van der Waals surface area contributed by atoms with E-state index in [4.69, 9.17) is 4.74 Å². The number of carbonyl (C=O) groups is 2. The Bertz CT molecular complexity index is 768. The van der Waals surface area contributed by atoms with Crippen LogP contribution in [-0.2, 0) is 14.3 Å². The lowest BCUT2D eigenvalue weighted by Gasteiger charge is -2.44. The molecule has 4 rings (SSSR count). The highest BCUT2D eigenvalue weighted by molar-refractivity contribution is 5.89. The Hall–Kier alpha value is -1.83. The first-order valence-corrected chi connectivity index (χ1v) is 10.9. The van der Waals surface area contributed by atoms with Crippen molar-refractivity contribution in [2.45, 2.75) is 44.9 Å². The molecule has 4 aliphatic rings. The van der Waals surface area contributed by atoms with E-state index in [-0.39, 0.29) is 23.7 Å². The second kappa shape index (κ2) is 7.70. The molecule has 0 N–H and O–H groups in total. The first-order chi connectivity index (χ1) is 14.1. The monoisotopic (exact) mass is 426 g/mol. The third-order valence-electron chi connectivity index (χ3n) is 7.43. The van der Waals surface area contributed by atoms with Gasteiger partial charge in [0, 0.05) is 44.9 Å². The maximum atomic E-state index is 13.5. The Morgan fingerprint density at radius 3 is 2.57 bits per heavy atom.